The second kappa shape index (κ2) is 3.22. The van der Waals surface area contributed by atoms with Crippen LogP contribution in [0.5, 0.6) is 0 Å². The Kier molecular flexibility index (Phi) is 2.49. The molecule has 3 nitrogen and oxygen atoms in total. The van der Waals surface area contributed by atoms with Crippen LogP contribution >= 0.6 is 0 Å². The van der Waals surface area contributed by atoms with Gasteiger partial charge in [-0.25, -0.2) is 0 Å². The van der Waals surface area contributed by atoms with Crippen molar-refractivity contribution in [2.24, 2.45) is 11.7 Å². The van der Waals surface area contributed by atoms with E-state index in [2.05, 4.69) is 19.2 Å². The Labute approximate surface area is 67.3 Å². The van der Waals surface area contributed by atoms with Gasteiger partial charge >= 0.3 is 0 Å². The predicted octanol–water partition coefficient (Wildman–Crippen LogP) is 0.248. The lowest BCUT2D eigenvalue weighted by atomic mass is 9.89. The van der Waals surface area contributed by atoms with Crippen molar-refractivity contribution in [3.63, 3.8) is 0 Å². The van der Waals surface area contributed by atoms with Gasteiger partial charge in [0.1, 0.15) is 0 Å². The minimum Gasteiger partial charge on any atom is -0.369 e. The molecule has 0 radical (unpaired) electrons. The topological polar surface area (TPSA) is 55.1 Å². The summed E-state index contributed by atoms with van der Waals surface area (Å²) < 4.78 is 0. The van der Waals surface area contributed by atoms with Crippen LogP contribution in [0.25, 0.3) is 0 Å². The number of nitrogens with one attached hydrogen (secondary N) is 1. The summed E-state index contributed by atoms with van der Waals surface area (Å²) >= 11 is 0. The summed E-state index contributed by atoms with van der Waals surface area (Å²) in [4.78, 5) is 10.8. The molecule has 1 aliphatic rings. The molecular formula is C8H16N2O. The lowest BCUT2D eigenvalue weighted by Gasteiger charge is -2.30. The molecule has 0 bridgehead atoms. The first-order valence-electron chi connectivity index (χ1n) is 4.15. The number of hydrogen-bond acceptors (Lipinski definition) is 2. The van der Waals surface area contributed by atoms with Gasteiger partial charge in [-0.05, 0) is 26.7 Å². The van der Waals surface area contributed by atoms with Crippen molar-refractivity contribution in [3.8, 4) is 0 Å². The minimum atomic E-state index is -0.148. The number of rotatable bonds is 1. The Morgan fingerprint density at radius 3 is 2.18 bits per heavy atom. The fourth-order valence-electron chi connectivity index (χ4n) is 1.80. The van der Waals surface area contributed by atoms with Crippen molar-refractivity contribution in [2.75, 3.05) is 0 Å². The summed E-state index contributed by atoms with van der Waals surface area (Å²) in [5.74, 6) is -0.0635. The highest BCUT2D eigenvalue weighted by Gasteiger charge is 2.26. The fraction of sp³-hybridized carbons (Fsp3) is 0.875. The molecule has 64 valence electrons. The molecule has 1 fully saturated rings. The van der Waals surface area contributed by atoms with Gasteiger partial charge in [0.2, 0.25) is 5.91 Å². The van der Waals surface area contributed by atoms with Gasteiger partial charge in [0.15, 0.2) is 0 Å². The molecule has 0 aromatic heterocycles. The van der Waals surface area contributed by atoms with Crippen LogP contribution in [0.4, 0.5) is 0 Å². The van der Waals surface area contributed by atoms with E-state index in [1.54, 1.807) is 0 Å². The highest BCUT2D eigenvalue weighted by molar-refractivity contribution is 5.76. The van der Waals surface area contributed by atoms with E-state index in [4.69, 9.17) is 5.73 Å². The summed E-state index contributed by atoms with van der Waals surface area (Å²) in [5.41, 5.74) is 5.22. The van der Waals surface area contributed by atoms with Crippen LogP contribution in [-0.4, -0.2) is 18.0 Å². The number of hydrogen-bond donors (Lipinski definition) is 2. The van der Waals surface area contributed by atoms with E-state index in [0.29, 0.717) is 12.1 Å². The number of carbonyl (C=O) groups excluding carboxylic acids is 1. The molecule has 1 rings (SSSR count). The molecule has 0 aliphatic carbocycles. The molecule has 1 saturated heterocycles. The van der Waals surface area contributed by atoms with Crippen molar-refractivity contribution in [3.05, 3.63) is 0 Å². The second-order valence-corrected chi connectivity index (χ2v) is 3.54. The molecule has 3 heteroatoms. The quantitative estimate of drug-likeness (QED) is 0.571. The average molecular weight is 156 g/mol. The third kappa shape index (κ3) is 2.19. The third-order valence-electron chi connectivity index (χ3n) is 2.25. The molecule has 1 amide bonds. The van der Waals surface area contributed by atoms with E-state index in [1.165, 1.54) is 0 Å². The van der Waals surface area contributed by atoms with E-state index >= 15 is 0 Å². The van der Waals surface area contributed by atoms with Crippen LogP contribution in [0, 0.1) is 5.92 Å². The molecule has 2 atom stereocenters. The number of nitrogens with two attached hydrogens (primary N) is 1. The van der Waals surface area contributed by atoms with E-state index in [0.717, 1.165) is 12.8 Å². The molecule has 3 N–H and O–H groups in total. The third-order valence-corrected chi connectivity index (χ3v) is 2.25. The number of primary amides is 1. The highest BCUT2D eigenvalue weighted by Crippen LogP contribution is 2.19. The number of carbonyl (C=O) groups is 1. The molecule has 1 heterocycles. The Balaban J connectivity index is 2.49. The minimum absolute atomic E-state index is 0.0845. The SMILES string of the molecule is CC1CC(C(N)=O)CC(C)N1. The normalized spacial score (nSPS) is 38.5. The molecule has 2 unspecified atom stereocenters. The van der Waals surface area contributed by atoms with Gasteiger partial charge in [-0.2, -0.15) is 0 Å². The number of amides is 1. The van der Waals surface area contributed by atoms with Crippen LogP contribution in [0.2, 0.25) is 0 Å². The Morgan fingerprint density at radius 1 is 1.36 bits per heavy atom. The molecule has 0 aromatic carbocycles. The van der Waals surface area contributed by atoms with Gasteiger partial charge in [-0.15, -0.1) is 0 Å². The maximum absolute atomic E-state index is 10.8. The summed E-state index contributed by atoms with van der Waals surface area (Å²) in [6.45, 7) is 4.18. The van der Waals surface area contributed by atoms with Gasteiger partial charge in [-0.1, -0.05) is 0 Å². The predicted molar refractivity (Wildman–Crippen MR) is 44.0 cm³/mol. The fourth-order valence-corrected chi connectivity index (χ4v) is 1.80. The highest BCUT2D eigenvalue weighted by atomic mass is 16.1. The Morgan fingerprint density at radius 2 is 1.82 bits per heavy atom. The van der Waals surface area contributed by atoms with Crippen LogP contribution in [0.1, 0.15) is 26.7 Å². The first kappa shape index (κ1) is 8.53. The zero-order valence-corrected chi connectivity index (χ0v) is 7.13. The van der Waals surface area contributed by atoms with Gasteiger partial charge in [0.25, 0.3) is 0 Å². The maximum Gasteiger partial charge on any atom is 0.220 e. The molecule has 11 heavy (non-hydrogen) atoms. The molecule has 0 spiro atoms. The van der Waals surface area contributed by atoms with Gasteiger partial charge in [0.05, 0.1) is 0 Å². The largest absolute Gasteiger partial charge is 0.369 e. The smallest absolute Gasteiger partial charge is 0.220 e. The standard InChI is InChI=1S/C8H16N2O/c1-5-3-7(8(9)11)4-6(2)10-5/h5-7,10H,3-4H2,1-2H3,(H2,9,11). The Bertz CT molecular complexity index is 148. The lowest BCUT2D eigenvalue weighted by molar-refractivity contribution is -0.123. The molecule has 1 aliphatic heterocycles. The summed E-state index contributed by atoms with van der Waals surface area (Å²) in [5, 5.41) is 3.36. The van der Waals surface area contributed by atoms with Crippen molar-refractivity contribution in [1.82, 2.24) is 5.32 Å². The van der Waals surface area contributed by atoms with E-state index in [1.807, 2.05) is 0 Å². The first-order valence-corrected chi connectivity index (χ1v) is 4.15. The van der Waals surface area contributed by atoms with E-state index in [-0.39, 0.29) is 11.8 Å². The zero-order chi connectivity index (χ0) is 8.43. The summed E-state index contributed by atoms with van der Waals surface area (Å²) in [6.07, 6.45) is 1.78. The van der Waals surface area contributed by atoms with Crippen LogP contribution in [0.3, 0.4) is 0 Å². The van der Waals surface area contributed by atoms with E-state index < -0.39 is 0 Å². The first-order chi connectivity index (χ1) is 5.09. The second-order valence-electron chi connectivity index (χ2n) is 3.54. The van der Waals surface area contributed by atoms with Crippen LogP contribution in [0.15, 0.2) is 0 Å². The summed E-state index contributed by atoms with van der Waals surface area (Å²) in [6, 6.07) is 0.854. The molecular weight excluding hydrogens is 140 g/mol. The Hall–Kier alpha value is -0.570. The zero-order valence-electron chi connectivity index (χ0n) is 7.13. The average Bonchev–Trinajstić information content (AvgIpc) is 1.85. The number of piperidine rings is 1. The molecule has 0 saturated carbocycles. The van der Waals surface area contributed by atoms with Crippen LogP contribution < -0.4 is 11.1 Å². The molecule has 0 aromatic rings. The van der Waals surface area contributed by atoms with Crippen molar-refractivity contribution in [1.29, 1.82) is 0 Å². The van der Waals surface area contributed by atoms with Crippen molar-refractivity contribution >= 4 is 5.91 Å². The van der Waals surface area contributed by atoms with Crippen LogP contribution in [-0.2, 0) is 4.79 Å². The summed E-state index contributed by atoms with van der Waals surface area (Å²) in [7, 11) is 0. The van der Waals surface area contributed by atoms with Gasteiger partial charge < -0.3 is 11.1 Å². The monoisotopic (exact) mass is 156 g/mol. The van der Waals surface area contributed by atoms with Gasteiger partial charge in [0, 0.05) is 18.0 Å². The lowest BCUT2D eigenvalue weighted by Crippen LogP contribution is -2.45. The van der Waals surface area contributed by atoms with Crippen molar-refractivity contribution in [2.45, 2.75) is 38.8 Å². The maximum atomic E-state index is 10.8. The van der Waals surface area contributed by atoms with Gasteiger partial charge in [-0.3, -0.25) is 4.79 Å². The van der Waals surface area contributed by atoms with Crippen molar-refractivity contribution < 1.29 is 4.79 Å². The van der Waals surface area contributed by atoms with E-state index in [9.17, 15) is 4.79 Å².